The van der Waals surface area contributed by atoms with Crippen LogP contribution in [0.15, 0.2) is 42.5 Å². The van der Waals surface area contributed by atoms with E-state index in [0.717, 1.165) is 12.1 Å². The van der Waals surface area contributed by atoms with Crippen LogP contribution in [0.1, 0.15) is 0 Å². The Kier molecular flexibility index (Phi) is 4.65. The van der Waals surface area contributed by atoms with Gasteiger partial charge in [-0.25, -0.2) is 8.78 Å². The highest BCUT2D eigenvalue weighted by molar-refractivity contribution is 5.37. The lowest BCUT2D eigenvalue weighted by molar-refractivity contribution is -0.384. The first-order valence-electron chi connectivity index (χ1n) is 6.01. The molecular formula is C14H11F2NO4. The van der Waals surface area contributed by atoms with Gasteiger partial charge in [-0.3, -0.25) is 10.1 Å². The molecule has 0 fully saturated rings. The third-order valence-corrected chi connectivity index (χ3v) is 2.54. The summed E-state index contributed by atoms with van der Waals surface area (Å²) < 4.78 is 36.1. The number of benzene rings is 2. The van der Waals surface area contributed by atoms with E-state index in [1.807, 2.05) is 0 Å². The third-order valence-electron chi connectivity index (χ3n) is 2.54. The molecule has 0 saturated heterocycles. The van der Waals surface area contributed by atoms with Crippen LogP contribution in [0.5, 0.6) is 11.5 Å². The highest BCUT2D eigenvalue weighted by atomic mass is 19.2. The first kappa shape index (κ1) is 14.7. The van der Waals surface area contributed by atoms with Crippen molar-refractivity contribution < 1.29 is 23.2 Å². The van der Waals surface area contributed by atoms with Crippen LogP contribution in [-0.2, 0) is 0 Å². The number of hydrogen-bond acceptors (Lipinski definition) is 4. The summed E-state index contributed by atoms with van der Waals surface area (Å²) >= 11 is 0. The summed E-state index contributed by atoms with van der Waals surface area (Å²) in [7, 11) is 0. The molecule has 0 amide bonds. The maximum absolute atomic E-state index is 12.9. The average molecular weight is 295 g/mol. The Morgan fingerprint density at radius 1 is 0.952 bits per heavy atom. The molecule has 2 aromatic rings. The van der Waals surface area contributed by atoms with Crippen LogP contribution in [0, 0.1) is 21.7 Å². The number of hydrogen-bond donors (Lipinski definition) is 0. The van der Waals surface area contributed by atoms with Gasteiger partial charge in [-0.2, -0.15) is 0 Å². The summed E-state index contributed by atoms with van der Waals surface area (Å²) in [4.78, 5) is 10.1. The average Bonchev–Trinajstić information content (AvgIpc) is 2.47. The van der Waals surface area contributed by atoms with E-state index in [9.17, 15) is 18.9 Å². The van der Waals surface area contributed by atoms with E-state index in [0.29, 0.717) is 5.75 Å². The van der Waals surface area contributed by atoms with Crippen LogP contribution in [0.25, 0.3) is 0 Å². The molecule has 0 aliphatic rings. The maximum Gasteiger partial charge on any atom is 0.273 e. The molecule has 0 aromatic heterocycles. The van der Waals surface area contributed by atoms with Crippen molar-refractivity contribution in [3.05, 3.63) is 64.2 Å². The maximum atomic E-state index is 12.9. The number of ether oxygens (including phenoxy) is 2. The number of halogens is 2. The van der Waals surface area contributed by atoms with Crippen LogP contribution < -0.4 is 9.47 Å². The first-order chi connectivity index (χ1) is 10.1. The van der Waals surface area contributed by atoms with E-state index in [-0.39, 0.29) is 24.7 Å². The van der Waals surface area contributed by atoms with Gasteiger partial charge in [0.15, 0.2) is 11.6 Å². The molecule has 2 aromatic carbocycles. The highest BCUT2D eigenvalue weighted by Gasteiger charge is 2.06. The third kappa shape index (κ3) is 4.13. The van der Waals surface area contributed by atoms with E-state index in [2.05, 4.69) is 0 Å². The Morgan fingerprint density at radius 3 is 2.24 bits per heavy atom. The minimum atomic E-state index is -0.993. The van der Waals surface area contributed by atoms with Crippen molar-refractivity contribution in [2.24, 2.45) is 0 Å². The minimum Gasteiger partial charge on any atom is -0.490 e. The lowest BCUT2D eigenvalue weighted by atomic mass is 10.3. The molecule has 0 heterocycles. The van der Waals surface area contributed by atoms with Gasteiger partial charge in [-0.1, -0.05) is 6.07 Å². The van der Waals surface area contributed by atoms with Crippen molar-refractivity contribution >= 4 is 5.69 Å². The molecule has 0 spiro atoms. The van der Waals surface area contributed by atoms with Gasteiger partial charge >= 0.3 is 0 Å². The fourth-order valence-electron chi connectivity index (χ4n) is 1.57. The zero-order valence-corrected chi connectivity index (χ0v) is 10.8. The second kappa shape index (κ2) is 6.65. The molecule has 110 valence electrons. The van der Waals surface area contributed by atoms with Gasteiger partial charge in [0, 0.05) is 12.1 Å². The first-order valence-corrected chi connectivity index (χ1v) is 6.01. The van der Waals surface area contributed by atoms with Crippen LogP contribution in [-0.4, -0.2) is 18.1 Å². The van der Waals surface area contributed by atoms with Gasteiger partial charge in [0.25, 0.3) is 5.69 Å². The van der Waals surface area contributed by atoms with E-state index in [1.165, 1.54) is 24.3 Å². The zero-order valence-electron chi connectivity index (χ0n) is 10.8. The molecule has 0 radical (unpaired) electrons. The van der Waals surface area contributed by atoms with Crippen LogP contribution in [0.2, 0.25) is 0 Å². The van der Waals surface area contributed by atoms with E-state index in [4.69, 9.17) is 9.47 Å². The summed E-state index contributed by atoms with van der Waals surface area (Å²) in [6, 6.07) is 8.91. The smallest absolute Gasteiger partial charge is 0.273 e. The number of nitrogens with zero attached hydrogens (tertiary/aromatic N) is 1. The zero-order chi connectivity index (χ0) is 15.2. The topological polar surface area (TPSA) is 61.6 Å². The molecule has 21 heavy (non-hydrogen) atoms. The van der Waals surface area contributed by atoms with Gasteiger partial charge in [-0.15, -0.1) is 0 Å². The second-order valence-electron chi connectivity index (χ2n) is 4.03. The Balaban J connectivity index is 1.83. The predicted octanol–water partition coefficient (Wildman–Crippen LogP) is 3.33. The summed E-state index contributed by atoms with van der Waals surface area (Å²) in [6.07, 6.45) is 0. The minimum absolute atomic E-state index is 0.0750. The van der Waals surface area contributed by atoms with Gasteiger partial charge in [0.1, 0.15) is 24.7 Å². The quantitative estimate of drug-likeness (QED) is 0.466. The van der Waals surface area contributed by atoms with Crippen molar-refractivity contribution in [2.75, 3.05) is 13.2 Å². The number of nitro groups is 1. The molecule has 2 rings (SSSR count). The van der Waals surface area contributed by atoms with E-state index < -0.39 is 16.6 Å². The van der Waals surface area contributed by atoms with Crippen molar-refractivity contribution in [1.29, 1.82) is 0 Å². The molecule has 0 bridgehead atoms. The van der Waals surface area contributed by atoms with Crippen molar-refractivity contribution in [2.45, 2.75) is 0 Å². The lowest BCUT2D eigenvalue weighted by Crippen LogP contribution is -2.09. The second-order valence-corrected chi connectivity index (χ2v) is 4.03. The van der Waals surface area contributed by atoms with Crippen LogP contribution >= 0.6 is 0 Å². The summed E-state index contributed by atoms with van der Waals surface area (Å²) in [5.74, 6) is -1.43. The molecule has 0 aliphatic carbocycles. The normalized spacial score (nSPS) is 10.2. The number of nitro benzene ring substituents is 1. The van der Waals surface area contributed by atoms with E-state index >= 15 is 0 Å². The SMILES string of the molecule is O=[N+]([O-])c1cccc(OCCOc2ccc(F)c(F)c2)c1. The Labute approximate surface area is 118 Å². The molecule has 0 unspecified atom stereocenters. The Morgan fingerprint density at radius 2 is 1.62 bits per heavy atom. The predicted molar refractivity (Wildman–Crippen MR) is 70.4 cm³/mol. The summed E-state index contributed by atoms with van der Waals surface area (Å²) in [5.41, 5.74) is -0.0750. The van der Waals surface area contributed by atoms with Gasteiger partial charge in [0.2, 0.25) is 0 Å². The Bertz CT molecular complexity index is 649. The molecule has 0 N–H and O–H groups in total. The van der Waals surface area contributed by atoms with Crippen LogP contribution in [0.3, 0.4) is 0 Å². The highest BCUT2D eigenvalue weighted by Crippen LogP contribution is 2.19. The largest absolute Gasteiger partial charge is 0.490 e. The number of non-ortho nitro benzene ring substituents is 1. The molecular weight excluding hydrogens is 284 g/mol. The molecule has 5 nitrogen and oxygen atoms in total. The molecule has 0 aliphatic heterocycles. The monoisotopic (exact) mass is 295 g/mol. The summed E-state index contributed by atoms with van der Waals surface area (Å²) in [5, 5.41) is 10.6. The Hall–Kier alpha value is -2.70. The molecule has 0 atom stereocenters. The van der Waals surface area contributed by atoms with Crippen molar-refractivity contribution in [3.8, 4) is 11.5 Å². The van der Waals surface area contributed by atoms with Gasteiger partial charge in [-0.05, 0) is 18.2 Å². The van der Waals surface area contributed by atoms with E-state index in [1.54, 1.807) is 6.07 Å². The number of rotatable bonds is 6. The van der Waals surface area contributed by atoms with Crippen molar-refractivity contribution in [1.82, 2.24) is 0 Å². The summed E-state index contributed by atoms with van der Waals surface area (Å²) in [6.45, 7) is 0.202. The fraction of sp³-hybridized carbons (Fsp3) is 0.143. The lowest BCUT2D eigenvalue weighted by Gasteiger charge is -2.08. The molecule has 7 heteroatoms. The standard InChI is InChI=1S/C14H11F2NO4/c15-13-5-4-12(9-14(13)16)21-7-6-20-11-3-1-2-10(8-11)17(18)19/h1-5,8-9H,6-7H2. The van der Waals surface area contributed by atoms with Crippen LogP contribution in [0.4, 0.5) is 14.5 Å². The van der Waals surface area contributed by atoms with Crippen molar-refractivity contribution in [3.63, 3.8) is 0 Å². The van der Waals surface area contributed by atoms with Gasteiger partial charge < -0.3 is 9.47 Å². The van der Waals surface area contributed by atoms with Gasteiger partial charge in [0.05, 0.1) is 11.0 Å². The molecule has 0 saturated carbocycles. The fourth-order valence-corrected chi connectivity index (χ4v) is 1.57.